The number of aromatic nitrogens is 1. The fourth-order valence-corrected chi connectivity index (χ4v) is 5.65. The van der Waals surface area contributed by atoms with E-state index in [1.165, 1.54) is 19.1 Å². The monoisotopic (exact) mass is 759 g/mol. The quantitative estimate of drug-likeness (QED) is 0.0609. The molecule has 0 amide bonds. The summed E-state index contributed by atoms with van der Waals surface area (Å²) in [6, 6.07) is 12.6. The van der Waals surface area contributed by atoms with Crippen LogP contribution < -0.4 is 9.47 Å². The van der Waals surface area contributed by atoms with Crippen LogP contribution in [0.25, 0.3) is 0 Å². The molecular formula is C37H31ClF9NO4. The van der Waals surface area contributed by atoms with Gasteiger partial charge in [0.2, 0.25) is 0 Å². The summed E-state index contributed by atoms with van der Waals surface area (Å²) >= 11 is 6.06. The maximum atomic E-state index is 15.2. The van der Waals surface area contributed by atoms with Gasteiger partial charge in [-0.15, -0.1) is 0 Å². The molecule has 278 valence electrons. The van der Waals surface area contributed by atoms with Crippen molar-refractivity contribution in [2.75, 3.05) is 6.61 Å². The Kier molecular flexibility index (Phi) is 13.0. The average molecular weight is 760 g/mol. The number of hydrogen-bond donors (Lipinski definition) is 0. The van der Waals surface area contributed by atoms with E-state index in [2.05, 4.69) is 9.72 Å². The van der Waals surface area contributed by atoms with E-state index in [-0.39, 0.29) is 28.5 Å². The molecule has 1 aromatic heterocycles. The third kappa shape index (κ3) is 10.5. The molecule has 4 rings (SSSR count). The Morgan fingerprint density at radius 3 is 2.17 bits per heavy atom. The predicted molar refractivity (Wildman–Crippen MR) is 173 cm³/mol. The van der Waals surface area contributed by atoms with E-state index in [9.17, 15) is 44.7 Å². The van der Waals surface area contributed by atoms with Gasteiger partial charge in [-0.05, 0) is 98.3 Å². The summed E-state index contributed by atoms with van der Waals surface area (Å²) in [5.41, 5.74) is -4.13. The fourth-order valence-electron chi connectivity index (χ4n) is 5.54. The summed E-state index contributed by atoms with van der Waals surface area (Å²) in [4.78, 5) is 29.3. The molecule has 0 unspecified atom stereocenters. The third-order valence-corrected chi connectivity index (χ3v) is 8.30. The number of ether oxygens (including phenoxy) is 2. The van der Waals surface area contributed by atoms with Crippen LogP contribution in [0.3, 0.4) is 0 Å². The Hall–Kier alpha value is -4.59. The number of unbranched alkanes of at least 4 members (excludes halogenated alkanes) is 2. The molecule has 0 fully saturated rings. The van der Waals surface area contributed by atoms with Gasteiger partial charge in [0, 0.05) is 36.1 Å². The first kappa shape index (κ1) is 40.2. The summed E-state index contributed by atoms with van der Waals surface area (Å²) in [6.07, 6.45) is -11.9. The number of ketones is 2. The number of carbonyl (C=O) groups excluding carboxylic acids is 2. The maximum Gasteiger partial charge on any atom is 0.461 e. The Balaban J connectivity index is 1.82. The second-order valence-corrected chi connectivity index (χ2v) is 12.5. The summed E-state index contributed by atoms with van der Waals surface area (Å²) in [6.45, 7) is 1.84. The highest BCUT2D eigenvalue weighted by Gasteiger charge is 2.45. The number of pyridine rings is 1. The van der Waals surface area contributed by atoms with Gasteiger partial charge in [0.1, 0.15) is 28.9 Å². The standard InChI is InChI=1S/C37H31ClF9NO4/c1-22(49)5-3-2-4-14-51-28-10-6-23(7-11-28)19-35(33-13-9-26(38)21-48-33,20-32(50)24-8-12-31(40)30(15-24)36(43,44)45)25-16-27(39)18-29(17-25)52-37(46,47)34(41)42/h6-13,15-18,21,34H,2-5,14,19-20H2,1H3/t35-/m0/s1. The van der Waals surface area contributed by atoms with Crippen molar-refractivity contribution in [2.45, 2.75) is 69.6 Å². The van der Waals surface area contributed by atoms with Crippen LogP contribution in [0.15, 0.2) is 79.0 Å². The molecule has 0 radical (unpaired) electrons. The minimum Gasteiger partial charge on any atom is -0.494 e. The smallest absolute Gasteiger partial charge is 0.461 e. The molecule has 0 spiro atoms. The topological polar surface area (TPSA) is 65.5 Å². The van der Waals surface area contributed by atoms with Gasteiger partial charge in [-0.3, -0.25) is 9.78 Å². The molecule has 15 heteroatoms. The van der Waals surface area contributed by atoms with E-state index in [1.807, 2.05) is 0 Å². The van der Waals surface area contributed by atoms with Gasteiger partial charge < -0.3 is 14.3 Å². The number of carbonyl (C=O) groups is 2. The van der Waals surface area contributed by atoms with E-state index < -0.39 is 64.8 Å². The summed E-state index contributed by atoms with van der Waals surface area (Å²) in [7, 11) is 0. The molecule has 0 aliphatic heterocycles. The molecule has 1 heterocycles. The number of alkyl halides is 7. The Bertz CT molecular complexity index is 1850. The normalized spacial score (nSPS) is 13.2. The lowest BCUT2D eigenvalue weighted by Gasteiger charge is -2.34. The molecule has 1 atom stereocenters. The first-order valence-electron chi connectivity index (χ1n) is 15.8. The van der Waals surface area contributed by atoms with Crippen LogP contribution in [0.1, 0.15) is 71.8 Å². The average Bonchev–Trinajstić information content (AvgIpc) is 3.06. The predicted octanol–water partition coefficient (Wildman–Crippen LogP) is 10.6. The van der Waals surface area contributed by atoms with Gasteiger partial charge in [-0.25, -0.2) is 8.78 Å². The Labute approximate surface area is 297 Å². The lowest BCUT2D eigenvalue weighted by molar-refractivity contribution is -0.253. The van der Waals surface area contributed by atoms with Crippen molar-refractivity contribution in [2.24, 2.45) is 0 Å². The third-order valence-electron chi connectivity index (χ3n) is 8.08. The highest BCUT2D eigenvalue weighted by molar-refractivity contribution is 6.30. The molecule has 0 bridgehead atoms. The molecule has 52 heavy (non-hydrogen) atoms. The fraction of sp³-hybridized carbons (Fsp3) is 0.324. The van der Waals surface area contributed by atoms with Gasteiger partial charge >= 0.3 is 18.7 Å². The zero-order valence-electron chi connectivity index (χ0n) is 27.4. The van der Waals surface area contributed by atoms with Crippen LogP contribution in [0.4, 0.5) is 39.5 Å². The molecular weight excluding hydrogens is 729 g/mol. The lowest BCUT2D eigenvalue weighted by Crippen LogP contribution is -2.36. The number of hydrogen-bond acceptors (Lipinski definition) is 5. The molecule has 0 saturated carbocycles. The van der Waals surface area contributed by atoms with Crippen molar-refractivity contribution >= 4 is 23.2 Å². The zero-order valence-corrected chi connectivity index (χ0v) is 28.1. The highest BCUT2D eigenvalue weighted by atomic mass is 35.5. The second-order valence-electron chi connectivity index (χ2n) is 12.1. The van der Waals surface area contributed by atoms with Crippen LogP contribution >= 0.6 is 11.6 Å². The Morgan fingerprint density at radius 2 is 1.56 bits per heavy atom. The van der Waals surface area contributed by atoms with E-state index in [0.29, 0.717) is 55.4 Å². The van der Waals surface area contributed by atoms with Gasteiger partial charge in [0.25, 0.3) is 0 Å². The van der Waals surface area contributed by atoms with E-state index in [4.69, 9.17) is 16.3 Å². The first-order valence-corrected chi connectivity index (χ1v) is 16.2. The van der Waals surface area contributed by atoms with Gasteiger partial charge in [-0.1, -0.05) is 23.7 Å². The number of nitrogens with zero attached hydrogens (tertiary/aromatic N) is 1. The van der Waals surface area contributed by atoms with Gasteiger partial charge in [-0.2, -0.15) is 30.7 Å². The molecule has 3 aromatic carbocycles. The summed E-state index contributed by atoms with van der Waals surface area (Å²) < 4.78 is 134. The molecule has 5 nitrogen and oxygen atoms in total. The maximum absolute atomic E-state index is 15.2. The van der Waals surface area contributed by atoms with Crippen LogP contribution in [-0.2, 0) is 22.8 Å². The van der Waals surface area contributed by atoms with Crippen LogP contribution in [0.5, 0.6) is 11.5 Å². The van der Waals surface area contributed by atoms with Crippen molar-refractivity contribution in [3.63, 3.8) is 0 Å². The van der Waals surface area contributed by atoms with Crippen molar-refractivity contribution in [3.05, 3.63) is 124 Å². The van der Waals surface area contributed by atoms with Crippen molar-refractivity contribution in [1.29, 1.82) is 0 Å². The molecule has 0 aliphatic carbocycles. The van der Waals surface area contributed by atoms with Crippen LogP contribution in [0, 0.1) is 11.6 Å². The summed E-state index contributed by atoms with van der Waals surface area (Å²) in [5.74, 6) is -4.42. The lowest BCUT2D eigenvalue weighted by atomic mass is 9.68. The minimum absolute atomic E-state index is 0.0357. The van der Waals surface area contributed by atoms with E-state index >= 15 is 4.39 Å². The SMILES string of the molecule is CC(=O)CCCCCOc1ccc(C[C@](CC(=O)c2ccc(F)c(C(F)(F)F)c2)(c2cc(F)cc(OC(F)(F)C(F)F)c2)c2ccc(Cl)cn2)cc1. The van der Waals surface area contributed by atoms with Crippen molar-refractivity contribution < 1.29 is 58.6 Å². The minimum atomic E-state index is -5.17. The van der Waals surface area contributed by atoms with Crippen molar-refractivity contribution in [3.8, 4) is 11.5 Å². The van der Waals surface area contributed by atoms with Crippen LogP contribution in [-0.4, -0.2) is 35.7 Å². The Morgan fingerprint density at radius 1 is 0.846 bits per heavy atom. The molecule has 0 saturated heterocycles. The number of benzene rings is 3. The number of halogens is 10. The second kappa shape index (κ2) is 16.8. The van der Waals surface area contributed by atoms with Crippen LogP contribution in [0.2, 0.25) is 5.02 Å². The molecule has 4 aromatic rings. The van der Waals surface area contributed by atoms with E-state index in [0.717, 1.165) is 30.8 Å². The largest absolute Gasteiger partial charge is 0.494 e. The first-order chi connectivity index (χ1) is 24.4. The van der Waals surface area contributed by atoms with Gasteiger partial charge in [0.05, 0.1) is 22.9 Å². The number of rotatable bonds is 17. The zero-order chi connectivity index (χ0) is 38.3. The highest BCUT2D eigenvalue weighted by Crippen LogP contribution is 2.43. The van der Waals surface area contributed by atoms with E-state index in [1.54, 1.807) is 24.3 Å². The molecule has 0 N–H and O–H groups in total. The number of Topliss-reactive ketones (excluding diaryl/α,β-unsaturated/α-hetero) is 2. The van der Waals surface area contributed by atoms with Crippen molar-refractivity contribution in [1.82, 2.24) is 4.98 Å². The van der Waals surface area contributed by atoms with Gasteiger partial charge in [0.15, 0.2) is 5.78 Å². The summed E-state index contributed by atoms with van der Waals surface area (Å²) in [5, 5.41) is 0.111. The molecule has 0 aliphatic rings.